The number of likely N-dealkylation sites (N-methyl/N-ethyl adjacent to an activating group) is 1. The number of hydrogen-bond acceptors (Lipinski definition) is 8. The molecule has 0 fully saturated rings. The number of unbranched alkanes of at least 4 members (excludes halogenated alkanes) is 8. The number of phosphoric ester groups is 1. The normalized spacial score (nSPS) is 14.6. The maximum atomic E-state index is 12.8. The van der Waals surface area contributed by atoms with Gasteiger partial charge in [0.1, 0.15) is 19.8 Å². The average molecular weight is 1070 g/mol. The highest BCUT2D eigenvalue weighted by atomic mass is 31.2. The van der Waals surface area contributed by atoms with E-state index in [1.807, 2.05) is 21.1 Å². The molecule has 9 nitrogen and oxygen atoms in total. The van der Waals surface area contributed by atoms with Crippen LogP contribution in [0.3, 0.4) is 0 Å². The summed E-state index contributed by atoms with van der Waals surface area (Å²) < 4.78 is 34.0. The summed E-state index contributed by atoms with van der Waals surface area (Å²) in [5, 5.41) is 0. The van der Waals surface area contributed by atoms with Gasteiger partial charge in [0.05, 0.1) is 27.7 Å². The first kappa shape index (κ1) is 71.4. The van der Waals surface area contributed by atoms with Gasteiger partial charge in [-0.1, -0.05) is 210 Å². The molecule has 0 heterocycles. The van der Waals surface area contributed by atoms with Crippen molar-refractivity contribution in [3.63, 3.8) is 0 Å². The molecule has 2 unspecified atom stereocenters. The maximum Gasteiger partial charge on any atom is 0.306 e. The molecule has 0 bridgehead atoms. The zero-order valence-electron chi connectivity index (χ0n) is 48.1. The van der Waals surface area contributed by atoms with Crippen molar-refractivity contribution in [2.24, 2.45) is 0 Å². The van der Waals surface area contributed by atoms with E-state index in [4.69, 9.17) is 18.5 Å². The first-order valence-electron chi connectivity index (χ1n) is 28.8. The van der Waals surface area contributed by atoms with Gasteiger partial charge in [-0.2, -0.15) is 0 Å². The number of nitrogens with zero attached hydrogens (tertiary/aromatic N) is 1. The Morgan fingerprint density at radius 3 is 1.07 bits per heavy atom. The van der Waals surface area contributed by atoms with E-state index in [2.05, 4.69) is 184 Å². The van der Waals surface area contributed by atoms with Gasteiger partial charge in [-0.05, 0) is 128 Å². The summed E-state index contributed by atoms with van der Waals surface area (Å²) >= 11 is 0. The summed E-state index contributed by atoms with van der Waals surface area (Å²) in [6.07, 6.45) is 84.1. The van der Waals surface area contributed by atoms with E-state index < -0.39 is 32.5 Å². The van der Waals surface area contributed by atoms with Crippen LogP contribution in [0.4, 0.5) is 0 Å². The molecule has 10 heteroatoms. The zero-order valence-corrected chi connectivity index (χ0v) is 49.0. The standard InChI is InChI=1S/C66H104NO8P/c1-6-8-10-12-14-16-18-20-22-23-24-25-26-27-28-29-30-31-32-33-34-35-36-37-38-39-40-41-42-43-45-47-49-51-53-55-57-59-66(69)75-64(63-74-76(70,71)73-61-60-67(3,4)5)62-72-65(68)58-56-54-52-50-48-46-44-21-19-17-15-13-11-9-7-2/h8-11,14-17,20-22,24-25,27-28,30-31,33-34,36-37,39-40,42-44,47,49,64H,6-7,12-13,18-19,23,26,29,32,35,38,41,45-46,48,50-63H2,1-5H3/b10-8-,11-9-,16-14-,17-15-,22-20-,25-24-,28-27-,31-30-,34-33-,37-36-,40-39-,43-42-,44-21-,49-47-. The van der Waals surface area contributed by atoms with Crippen LogP contribution < -0.4 is 4.89 Å². The van der Waals surface area contributed by atoms with Gasteiger partial charge in [-0.25, -0.2) is 0 Å². The Hall–Kier alpha value is -4.63. The molecule has 0 spiro atoms. The Kier molecular flexibility index (Phi) is 51.8. The third-order valence-electron chi connectivity index (χ3n) is 11.2. The van der Waals surface area contributed by atoms with Crippen molar-refractivity contribution in [1.29, 1.82) is 0 Å². The number of carbonyl (C=O) groups excluding carboxylic acids is 2. The van der Waals surface area contributed by atoms with E-state index in [0.29, 0.717) is 23.9 Å². The first-order valence-corrected chi connectivity index (χ1v) is 30.3. The van der Waals surface area contributed by atoms with Crippen LogP contribution in [-0.4, -0.2) is 70.0 Å². The van der Waals surface area contributed by atoms with Gasteiger partial charge in [-0.3, -0.25) is 14.2 Å². The number of phosphoric acid groups is 1. The van der Waals surface area contributed by atoms with Crippen molar-refractivity contribution >= 4 is 19.8 Å². The third kappa shape index (κ3) is 58.6. The number of hydrogen-bond donors (Lipinski definition) is 0. The summed E-state index contributed by atoms with van der Waals surface area (Å²) in [6.45, 7) is 3.91. The van der Waals surface area contributed by atoms with Crippen molar-refractivity contribution in [2.45, 2.75) is 187 Å². The topological polar surface area (TPSA) is 111 Å². The van der Waals surface area contributed by atoms with E-state index in [1.54, 1.807) is 0 Å². The van der Waals surface area contributed by atoms with Crippen LogP contribution in [0.15, 0.2) is 170 Å². The fraction of sp³-hybridized carbons (Fsp3) is 0.545. The quantitative estimate of drug-likeness (QED) is 0.0195. The molecule has 76 heavy (non-hydrogen) atoms. The Morgan fingerprint density at radius 2 is 0.711 bits per heavy atom. The van der Waals surface area contributed by atoms with E-state index in [-0.39, 0.29) is 26.1 Å². The largest absolute Gasteiger partial charge is 0.756 e. The molecule has 0 saturated carbocycles. The number of allylic oxidation sites excluding steroid dienone is 28. The minimum Gasteiger partial charge on any atom is -0.756 e. The van der Waals surface area contributed by atoms with Gasteiger partial charge in [0.2, 0.25) is 0 Å². The highest BCUT2D eigenvalue weighted by Crippen LogP contribution is 2.38. The van der Waals surface area contributed by atoms with Crippen LogP contribution in [0.1, 0.15) is 181 Å². The van der Waals surface area contributed by atoms with Crippen molar-refractivity contribution in [3.05, 3.63) is 170 Å². The zero-order chi connectivity index (χ0) is 55.6. The second-order valence-corrected chi connectivity index (χ2v) is 20.9. The van der Waals surface area contributed by atoms with Crippen LogP contribution in [0.25, 0.3) is 0 Å². The summed E-state index contributed by atoms with van der Waals surface area (Å²) in [6, 6.07) is 0. The molecule has 2 atom stereocenters. The molecular formula is C66H104NO8P. The molecule has 0 N–H and O–H groups in total. The molecule has 0 amide bonds. The minimum absolute atomic E-state index is 0.0508. The monoisotopic (exact) mass is 1070 g/mol. The van der Waals surface area contributed by atoms with Crippen molar-refractivity contribution in [3.8, 4) is 0 Å². The summed E-state index contributed by atoms with van der Waals surface area (Å²) in [5.74, 6) is -0.909. The highest BCUT2D eigenvalue weighted by Gasteiger charge is 2.21. The number of esters is 2. The van der Waals surface area contributed by atoms with E-state index >= 15 is 0 Å². The van der Waals surface area contributed by atoms with Crippen molar-refractivity contribution < 1.29 is 42.1 Å². The highest BCUT2D eigenvalue weighted by molar-refractivity contribution is 7.45. The summed E-state index contributed by atoms with van der Waals surface area (Å²) in [5.41, 5.74) is 0. The fourth-order valence-electron chi connectivity index (χ4n) is 6.85. The van der Waals surface area contributed by atoms with Crippen LogP contribution in [0, 0.1) is 0 Å². The molecule has 0 rings (SSSR count). The predicted octanol–water partition coefficient (Wildman–Crippen LogP) is 17.6. The first-order chi connectivity index (χ1) is 37.0. The number of quaternary nitrogens is 1. The maximum absolute atomic E-state index is 12.8. The summed E-state index contributed by atoms with van der Waals surface area (Å²) in [7, 11) is 1.10. The molecule has 0 aromatic carbocycles. The molecule has 0 aromatic rings. The molecule has 0 aliphatic heterocycles. The fourth-order valence-corrected chi connectivity index (χ4v) is 7.58. The number of rotatable bonds is 50. The molecule has 0 saturated heterocycles. The van der Waals surface area contributed by atoms with E-state index in [9.17, 15) is 19.0 Å². The van der Waals surface area contributed by atoms with Crippen LogP contribution >= 0.6 is 7.82 Å². The Labute approximate surface area is 464 Å². The Balaban J connectivity index is 4.27. The molecular weight excluding hydrogens is 966 g/mol. The van der Waals surface area contributed by atoms with Gasteiger partial charge in [-0.15, -0.1) is 0 Å². The second-order valence-electron chi connectivity index (χ2n) is 19.5. The Morgan fingerprint density at radius 1 is 0.408 bits per heavy atom. The number of ether oxygens (including phenoxy) is 2. The predicted molar refractivity (Wildman–Crippen MR) is 323 cm³/mol. The van der Waals surface area contributed by atoms with E-state index in [1.165, 1.54) is 0 Å². The van der Waals surface area contributed by atoms with Crippen LogP contribution in [0.2, 0.25) is 0 Å². The summed E-state index contributed by atoms with van der Waals surface area (Å²) in [4.78, 5) is 37.8. The van der Waals surface area contributed by atoms with Gasteiger partial charge in [0.15, 0.2) is 6.10 Å². The lowest BCUT2D eigenvalue weighted by atomic mass is 10.1. The Bertz CT molecular complexity index is 1880. The van der Waals surface area contributed by atoms with Gasteiger partial charge in [0.25, 0.3) is 7.82 Å². The minimum atomic E-state index is -4.66. The smallest absolute Gasteiger partial charge is 0.306 e. The van der Waals surface area contributed by atoms with Gasteiger partial charge in [0, 0.05) is 12.8 Å². The average Bonchev–Trinajstić information content (AvgIpc) is 3.38. The molecule has 426 valence electrons. The SMILES string of the molecule is CC/C=C\C/C=C\C/C=C\C/C=C\C/C=C\C/C=C\C/C=C\C/C=C\C/C=C\C/C=C\C/C=C\CCCCCC(=O)OC(COC(=O)CCCCCCC/C=C\C/C=C\C/C=C\CC)COP(=O)([O-])OCC[N+](C)(C)C. The van der Waals surface area contributed by atoms with Crippen LogP contribution in [0.5, 0.6) is 0 Å². The lowest BCUT2D eigenvalue weighted by Gasteiger charge is -2.28. The lowest BCUT2D eigenvalue weighted by Crippen LogP contribution is -2.37. The molecule has 0 radical (unpaired) electrons. The lowest BCUT2D eigenvalue weighted by molar-refractivity contribution is -0.870. The van der Waals surface area contributed by atoms with Crippen LogP contribution in [-0.2, 0) is 32.7 Å². The molecule has 0 aromatic heterocycles. The molecule has 0 aliphatic carbocycles. The van der Waals surface area contributed by atoms with Crippen molar-refractivity contribution in [1.82, 2.24) is 0 Å². The van der Waals surface area contributed by atoms with Gasteiger partial charge >= 0.3 is 11.9 Å². The third-order valence-corrected chi connectivity index (χ3v) is 12.2. The number of carbonyl (C=O) groups is 2. The van der Waals surface area contributed by atoms with Gasteiger partial charge < -0.3 is 27.9 Å². The molecule has 0 aliphatic rings. The van der Waals surface area contributed by atoms with E-state index in [0.717, 1.165) is 141 Å². The second kappa shape index (κ2) is 55.1. The van der Waals surface area contributed by atoms with Crippen molar-refractivity contribution in [2.75, 3.05) is 47.5 Å².